The summed E-state index contributed by atoms with van der Waals surface area (Å²) in [5.41, 5.74) is -1.68. The Hall–Kier alpha value is -2.24. The average Bonchev–Trinajstić information content (AvgIpc) is 2.50. The summed E-state index contributed by atoms with van der Waals surface area (Å²) in [6, 6.07) is 1.18. The summed E-state index contributed by atoms with van der Waals surface area (Å²) in [6.45, 7) is 0. The van der Waals surface area contributed by atoms with Crippen LogP contribution in [-0.2, 0) is 14.1 Å². The van der Waals surface area contributed by atoms with Crippen LogP contribution in [0.3, 0.4) is 0 Å². The number of halogens is 3. The number of anilines is 1. The van der Waals surface area contributed by atoms with Crippen LogP contribution in [0.1, 0.15) is 31.2 Å². The first-order valence-electron chi connectivity index (χ1n) is 7.20. The molecule has 0 aromatic carbocycles. The van der Waals surface area contributed by atoms with Gasteiger partial charge in [-0.1, -0.05) is 6.42 Å². The molecule has 0 radical (unpaired) electrons. The molecular formula is C14H17F3N4O2. The number of hydrogen-bond donors (Lipinski definition) is 1. The molecule has 0 unspecified atom stereocenters. The van der Waals surface area contributed by atoms with E-state index in [1.54, 1.807) is 6.07 Å². The molecule has 1 fully saturated rings. The van der Waals surface area contributed by atoms with E-state index in [-0.39, 0.29) is 24.2 Å². The maximum atomic E-state index is 12.9. The topological polar surface area (TPSA) is 79.8 Å². The molecule has 126 valence electrons. The number of aromatic nitrogens is 2. The highest BCUT2D eigenvalue weighted by molar-refractivity contribution is 5.51. The molecule has 2 rings (SSSR count). The van der Waals surface area contributed by atoms with Crippen LogP contribution in [0.15, 0.2) is 9.59 Å². The quantitative estimate of drug-likeness (QED) is 0.891. The zero-order valence-corrected chi connectivity index (χ0v) is 12.8. The molecule has 1 saturated carbocycles. The second-order valence-electron chi connectivity index (χ2n) is 5.79. The number of rotatable bonds is 2. The van der Waals surface area contributed by atoms with E-state index in [0.29, 0.717) is 12.8 Å². The summed E-state index contributed by atoms with van der Waals surface area (Å²) in [4.78, 5) is 23.9. The maximum Gasteiger partial charge on any atom is 0.391 e. The highest BCUT2D eigenvalue weighted by Crippen LogP contribution is 2.38. The smallest absolute Gasteiger partial charge is 0.367 e. The van der Waals surface area contributed by atoms with E-state index in [1.807, 2.05) is 0 Å². The van der Waals surface area contributed by atoms with Crippen LogP contribution in [0.25, 0.3) is 0 Å². The number of nitrogens with zero attached hydrogens (tertiary/aromatic N) is 3. The lowest BCUT2D eigenvalue weighted by atomic mass is 9.85. The van der Waals surface area contributed by atoms with Crippen LogP contribution >= 0.6 is 0 Å². The highest BCUT2D eigenvalue weighted by Gasteiger charge is 2.42. The van der Waals surface area contributed by atoms with E-state index < -0.39 is 29.4 Å². The number of nitriles is 1. The summed E-state index contributed by atoms with van der Waals surface area (Å²) < 4.78 is 40.5. The van der Waals surface area contributed by atoms with Gasteiger partial charge in [0.15, 0.2) is 5.56 Å². The monoisotopic (exact) mass is 330 g/mol. The number of hydrogen-bond acceptors (Lipinski definition) is 4. The Bertz CT molecular complexity index is 757. The molecule has 9 heteroatoms. The normalized spacial score (nSPS) is 21.7. The van der Waals surface area contributed by atoms with Crippen molar-refractivity contribution < 1.29 is 13.2 Å². The molecule has 23 heavy (non-hydrogen) atoms. The summed E-state index contributed by atoms with van der Waals surface area (Å²) in [5.74, 6) is -1.43. The van der Waals surface area contributed by atoms with E-state index in [9.17, 15) is 22.8 Å². The Morgan fingerprint density at radius 3 is 2.43 bits per heavy atom. The zero-order valence-electron chi connectivity index (χ0n) is 12.8. The van der Waals surface area contributed by atoms with Crippen LogP contribution in [0.2, 0.25) is 0 Å². The molecule has 0 spiro atoms. The van der Waals surface area contributed by atoms with Crippen molar-refractivity contribution in [3.63, 3.8) is 0 Å². The van der Waals surface area contributed by atoms with Gasteiger partial charge in [-0.3, -0.25) is 13.9 Å². The van der Waals surface area contributed by atoms with Crippen molar-refractivity contribution in [3.8, 4) is 6.07 Å². The average molecular weight is 330 g/mol. The van der Waals surface area contributed by atoms with Crippen LogP contribution in [0, 0.1) is 17.2 Å². The van der Waals surface area contributed by atoms with Crippen LogP contribution < -0.4 is 16.6 Å². The second kappa shape index (κ2) is 6.10. The summed E-state index contributed by atoms with van der Waals surface area (Å²) in [6.07, 6.45) is -3.46. The fraction of sp³-hybridized carbons (Fsp3) is 0.643. The predicted molar refractivity (Wildman–Crippen MR) is 77.1 cm³/mol. The fourth-order valence-electron chi connectivity index (χ4n) is 2.93. The van der Waals surface area contributed by atoms with Gasteiger partial charge < -0.3 is 5.32 Å². The molecule has 0 amide bonds. The Morgan fingerprint density at radius 2 is 1.87 bits per heavy atom. The minimum atomic E-state index is -4.27. The Morgan fingerprint density at radius 1 is 1.22 bits per heavy atom. The SMILES string of the molecule is Cn1c(N[C@H]2CCC[C@@H](C(F)(F)F)C2)c(C#N)c(=O)n(C)c1=O. The molecule has 0 aliphatic heterocycles. The first-order valence-corrected chi connectivity index (χ1v) is 7.20. The molecule has 1 aromatic heterocycles. The summed E-state index contributed by atoms with van der Waals surface area (Å²) in [5, 5.41) is 12.0. The number of nitrogens with one attached hydrogen (secondary N) is 1. The summed E-state index contributed by atoms with van der Waals surface area (Å²) in [7, 11) is 2.62. The van der Waals surface area contributed by atoms with Crippen molar-refractivity contribution in [1.82, 2.24) is 9.13 Å². The van der Waals surface area contributed by atoms with Crippen molar-refractivity contribution in [2.45, 2.75) is 37.9 Å². The molecule has 1 N–H and O–H groups in total. The third-order valence-electron chi connectivity index (χ3n) is 4.25. The van der Waals surface area contributed by atoms with Gasteiger partial charge in [-0.05, 0) is 19.3 Å². The van der Waals surface area contributed by atoms with E-state index in [0.717, 1.165) is 9.13 Å². The lowest BCUT2D eigenvalue weighted by Gasteiger charge is -2.32. The molecule has 2 atom stereocenters. The molecule has 1 aliphatic rings. The zero-order chi connectivity index (χ0) is 17.4. The van der Waals surface area contributed by atoms with Crippen molar-refractivity contribution in [2.24, 2.45) is 20.0 Å². The molecular weight excluding hydrogens is 313 g/mol. The number of alkyl halides is 3. The Balaban J connectivity index is 2.36. The lowest BCUT2D eigenvalue weighted by Crippen LogP contribution is -2.42. The fourth-order valence-corrected chi connectivity index (χ4v) is 2.93. The molecule has 0 bridgehead atoms. The largest absolute Gasteiger partial charge is 0.391 e. The van der Waals surface area contributed by atoms with E-state index in [1.165, 1.54) is 14.1 Å². The van der Waals surface area contributed by atoms with E-state index in [2.05, 4.69) is 5.32 Å². The van der Waals surface area contributed by atoms with Crippen molar-refractivity contribution >= 4 is 5.82 Å². The van der Waals surface area contributed by atoms with Crippen LogP contribution in [0.4, 0.5) is 19.0 Å². The summed E-state index contributed by atoms with van der Waals surface area (Å²) >= 11 is 0. The molecule has 1 heterocycles. The van der Waals surface area contributed by atoms with Crippen molar-refractivity contribution in [3.05, 3.63) is 26.4 Å². The van der Waals surface area contributed by atoms with Gasteiger partial charge in [0.2, 0.25) is 0 Å². The van der Waals surface area contributed by atoms with Crippen molar-refractivity contribution in [1.29, 1.82) is 5.26 Å². The van der Waals surface area contributed by atoms with Crippen LogP contribution in [0.5, 0.6) is 0 Å². The minimum absolute atomic E-state index is 0.0200. The van der Waals surface area contributed by atoms with Gasteiger partial charge in [-0.15, -0.1) is 0 Å². The first-order chi connectivity index (χ1) is 10.7. The van der Waals surface area contributed by atoms with Gasteiger partial charge in [-0.25, -0.2) is 4.79 Å². The third kappa shape index (κ3) is 3.25. The maximum absolute atomic E-state index is 12.9. The third-order valence-corrected chi connectivity index (χ3v) is 4.25. The minimum Gasteiger partial charge on any atom is -0.367 e. The predicted octanol–water partition coefficient (Wildman–Crippen LogP) is 1.49. The van der Waals surface area contributed by atoms with Gasteiger partial charge in [0, 0.05) is 20.1 Å². The van der Waals surface area contributed by atoms with Gasteiger partial charge >= 0.3 is 11.9 Å². The molecule has 0 saturated heterocycles. The van der Waals surface area contributed by atoms with Gasteiger partial charge in [-0.2, -0.15) is 18.4 Å². The van der Waals surface area contributed by atoms with Gasteiger partial charge in [0.25, 0.3) is 5.56 Å². The van der Waals surface area contributed by atoms with Crippen molar-refractivity contribution in [2.75, 3.05) is 5.32 Å². The molecule has 1 aromatic rings. The first kappa shape index (κ1) is 17.1. The molecule has 6 nitrogen and oxygen atoms in total. The second-order valence-corrected chi connectivity index (χ2v) is 5.79. The van der Waals surface area contributed by atoms with Crippen LogP contribution in [-0.4, -0.2) is 21.4 Å². The van der Waals surface area contributed by atoms with E-state index >= 15 is 0 Å². The van der Waals surface area contributed by atoms with Gasteiger partial charge in [0.1, 0.15) is 11.9 Å². The lowest BCUT2D eigenvalue weighted by molar-refractivity contribution is -0.182. The van der Waals surface area contributed by atoms with E-state index in [4.69, 9.17) is 5.26 Å². The Kier molecular flexibility index (Phi) is 4.54. The highest BCUT2D eigenvalue weighted by atomic mass is 19.4. The molecule has 1 aliphatic carbocycles. The standard InChI is InChI=1S/C14H17F3N4O2/c1-20-11(10(7-18)12(22)21(2)13(20)23)19-9-5-3-4-8(6-9)14(15,16)17/h8-9,19H,3-6H2,1-2H3/t8-,9+/m1/s1. The van der Waals surface area contributed by atoms with Gasteiger partial charge in [0.05, 0.1) is 5.92 Å². The Labute approximate surface area is 130 Å².